The zero-order valence-electron chi connectivity index (χ0n) is 11.4. The summed E-state index contributed by atoms with van der Waals surface area (Å²) in [4.78, 5) is 4.43. The summed E-state index contributed by atoms with van der Waals surface area (Å²) in [6, 6.07) is 7.53. The lowest BCUT2D eigenvalue weighted by Gasteiger charge is -2.15. The van der Waals surface area contributed by atoms with E-state index in [1.807, 2.05) is 24.3 Å². The van der Waals surface area contributed by atoms with Crippen molar-refractivity contribution in [1.82, 2.24) is 5.48 Å². The highest BCUT2D eigenvalue weighted by atomic mass is 19.4. The molecular formula is C14H20F3NO. The molecule has 1 atom stereocenters. The number of nitrogens with one attached hydrogen (secondary N) is 1. The second-order valence-corrected chi connectivity index (χ2v) is 5.08. The minimum absolute atomic E-state index is 0.282. The van der Waals surface area contributed by atoms with Gasteiger partial charge in [-0.25, -0.2) is 0 Å². The topological polar surface area (TPSA) is 21.3 Å². The van der Waals surface area contributed by atoms with E-state index in [1.165, 1.54) is 5.56 Å². The largest absolute Gasteiger partial charge is 0.413 e. The molecule has 0 saturated heterocycles. The molecule has 0 saturated carbocycles. The number of halogens is 3. The van der Waals surface area contributed by atoms with Crippen molar-refractivity contribution in [2.45, 2.75) is 39.4 Å². The highest BCUT2D eigenvalue weighted by Crippen LogP contribution is 2.17. The van der Waals surface area contributed by atoms with Gasteiger partial charge in [0.05, 0.1) is 6.04 Å². The van der Waals surface area contributed by atoms with Crippen LogP contribution in [0, 0.1) is 5.92 Å². The maximum Gasteiger partial charge on any atom is 0.413 e. The molecule has 0 amide bonds. The SMILES string of the molecule is CC(C)Cc1ccc(C(C)NOCC(F)(F)F)cc1. The first-order valence-corrected chi connectivity index (χ1v) is 6.31. The van der Waals surface area contributed by atoms with Crippen molar-refractivity contribution in [3.05, 3.63) is 35.4 Å². The highest BCUT2D eigenvalue weighted by molar-refractivity contribution is 5.24. The van der Waals surface area contributed by atoms with E-state index in [2.05, 4.69) is 24.2 Å². The molecule has 5 heteroatoms. The monoisotopic (exact) mass is 275 g/mol. The molecule has 1 N–H and O–H groups in total. The van der Waals surface area contributed by atoms with E-state index in [0.717, 1.165) is 12.0 Å². The second kappa shape index (κ2) is 6.91. The van der Waals surface area contributed by atoms with Crippen molar-refractivity contribution in [3.63, 3.8) is 0 Å². The van der Waals surface area contributed by atoms with Crippen LogP contribution in [0.2, 0.25) is 0 Å². The minimum atomic E-state index is -4.31. The van der Waals surface area contributed by atoms with Gasteiger partial charge in [-0.3, -0.25) is 4.84 Å². The maximum atomic E-state index is 11.9. The van der Waals surface area contributed by atoms with E-state index in [0.29, 0.717) is 5.92 Å². The van der Waals surface area contributed by atoms with E-state index in [4.69, 9.17) is 0 Å². The highest BCUT2D eigenvalue weighted by Gasteiger charge is 2.28. The Kier molecular flexibility index (Phi) is 5.82. The molecule has 0 heterocycles. The number of hydroxylamine groups is 1. The molecule has 0 aliphatic carbocycles. The summed E-state index contributed by atoms with van der Waals surface area (Å²) in [6.07, 6.45) is -3.32. The average molecular weight is 275 g/mol. The molecule has 0 aliphatic heterocycles. The summed E-state index contributed by atoms with van der Waals surface area (Å²) in [6.45, 7) is 4.75. The quantitative estimate of drug-likeness (QED) is 0.791. The Bertz CT molecular complexity index is 373. The van der Waals surface area contributed by atoms with Crippen LogP contribution in [0.1, 0.15) is 37.9 Å². The number of benzene rings is 1. The molecular weight excluding hydrogens is 255 g/mol. The molecule has 1 rings (SSSR count). The van der Waals surface area contributed by atoms with Gasteiger partial charge in [0, 0.05) is 0 Å². The van der Waals surface area contributed by atoms with Gasteiger partial charge in [0.1, 0.15) is 0 Å². The third-order valence-corrected chi connectivity index (χ3v) is 2.62. The number of hydrogen-bond donors (Lipinski definition) is 1. The fourth-order valence-corrected chi connectivity index (χ4v) is 1.73. The van der Waals surface area contributed by atoms with Crippen molar-refractivity contribution >= 4 is 0 Å². The van der Waals surface area contributed by atoms with Gasteiger partial charge in [-0.1, -0.05) is 38.1 Å². The third kappa shape index (κ3) is 6.59. The van der Waals surface area contributed by atoms with Crippen LogP contribution in [0.15, 0.2) is 24.3 Å². The molecule has 0 bridgehead atoms. The molecule has 0 aromatic heterocycles. The Morgan fingerprint density at radius 3 is 2.16 bits per heavy atom. The normalized spacial score (nSPS) is 13.8. The summed E-state index contributed by atoms with van der Waals surface area (Å²) in [7, 11) is 0. The third-order valence-electron chi connectivity index (χ3n) is 2.62. The standard InChI is InChI=1S/C14H20F3NO/c1-10(2)8-12-4-6-13(7-5-12)11(3)18-19-9-14(15,16)17/h4-7,10-11,18H,8-9H2,1-3H3. The summed E-state index contributed by atoms with van der Waals surface area (Å²) < 4.78 is 35.8. The van der Waals surface area contributed by atoms with Crippen LogP contribution in [0.25, 0.3) is 0 Å². The van der Waals surface area contributed by atoms with Gasteiger partial charge >= 0.3 is 6.18 Å². The van der Waals surface area contributed by atoms with Gasteiger partial charge < -0.3 is 0 Å². The molecule has 1 aromatic carbocycles. The number of rotatable bonds is 6. The Morgan fingerprint density at radius 1 is 1.11 bits per heavy atom. The lowest BCUT2D eigenvalue weighted by atomic mass is 10.0. The Balaban J connectivity index is 2.46. The number of alkyl halides is 3. The fraction of sp³-hybridized carbons (Fsp3) is 0.571. The van der Waals surface area contributed by atoms with Crippen LogP contribution in [-0.2, 0) is 11.3 Å². The lowest BCUT2D eigenvalue weighted by molar-refractivity contribution is -0.192. The van der Waals surface area contributed by atoms with E-state index < -0.39 is 12.8 Å². The Hall–Kier alpha value is -1.07. The summed E-state index contributed by atoms with van der Waals surface area (Å²) in [5, 5.41) is 0. The second-order valence-electron chi connectivity index (χ2n) is 5.08. The van der Waals surface area contributed by atoms with Crippen LogP contribution in [0.5, 0.6) is 0 Å². The van der Waals surface area contributed by atoms with Crippen LogP contribution in [0.3, 0.4) is 0 Å². The molecule has 0 spiro atoms. The van der Waals surface area contributed by atoms with Crippen LogP contribution < -0.4 is 5.48 Å². The van der Waals surface area contributed by atoms with Gasteiger partial charge in [-0.2, -0.15) is 18.7 Å². The van der Waals surface area contributed by atoms with Crippen molar-refractivity contribution < 1.29 is 18.0 Å². The summed E-state index contributed by atoms with van der Waals surface area (Å²) >= 11 is 0. The first kappa shape index (κ1) is 16.0. The van der Waals surface area contributed by atoms with E-state index in [9.17, 15) is 13.2 Å². The van der Waals surface area contributed by atoms with E-state index in [1.54, 1.807) is 6.92 Å². The summed E-state index contributed by atoms with van der Waals surface area (Å²) in [5.41, 5.74) is 4.52. The molecule has 0 radical (unpaired) electrons. The zero-order valence-corrected chi connectivity index (χ0v) is 11.4. The molecule has 19 heavy (non-hydrogen) atoms. The fourth-order valence-electron chi connectivity index (χ4n) is 1.73. The first-order chi connectivity index (χ1) is 8.78. The van der Waals surface area contributed by atoms with Gasteiger partial charge in [-0.15, -0.1) is 0 Å². The smallest absolute Gasteiger partial charge is 0.292 e. The van der Waals surface area contributed by atoms with Crippen molar-refractivity contribution in [2.75, 3.05) is 6.61 Å². The van der Waals surface area contributed by atoms with Gasteiger partial charge in [0.15, 0.2) is 6.61 Å². The van der Waals surface area contributed by atoms with E-state index >= 15 is 0 Å². The molecule has 0 aliphatic rings. The molecule has 0 fully saturated rings. The van der Waals surface area contributed by atoms with Crippen LogP contribution in [-0.4, -0.2) is 12.8 Å². The molecule has 108 valence electrons. The Labute approximate surface area is 111 Å². The van der Waals surface area contributed by atoms with Gasteiger partial charge in [0.2, 0.25) is 0 Å². The van der Waals surface area contributed by atoms with E-state index in [-0.39, 0.29) is 6.04 Å². The predicted molar refractivity (Wildman–Crippen MR) is 68.5 cm³/mol. The van der Waals surface area contributed by atoms with Crippen molar-refractivity contribution in [2.24, 2.45) is 5.92 Å². The lowest BCUT2D eigenvalue weighted by Crippen LogP contribution is -2.26. The van der Waals surface area contributed by atoms with Crippen molar-refractivity contribution in [3.8, 4) is 0 Å². The van der Waals surface area contributed by atoms with Gasteiger partial charge in [-0.05, 0) is 30.4 Å². The first-order valence-electron chi connectivity index (χ1n) is 6.31. The Morgan fingerprint density at radius 2 is 1.68 bits per heavy atom. The summed E-state index contributed by atoms with van der Waals surface area (Å²) in [5.74, 6) is 0.580. The molecule has 1 unspecified atom stereocenters. The zero-order chi connectivity index (χ0) is 14.5. The van der Waals surface area contributed by atoms with Crippen molar-refractivity contribution in [1.29, 1.82) is 0 Å². The number of hydrogen-bond acceptors (Lipinski definition) is 2. The van der Waals surface area contributed by atoms with Gasteiger partial charge in [0.25, 0.3) is 0 Å². The van der Waals surface area contributed by atoms with Crippen LogP contribution >= 0.6 is 0 Å². The average Bonchev–Trinajstić information content (AvgIpc) is 2.27. The molecule has 1 aromatic rings. The predicted octanol–water partition coefficient (Wildman–Crippen LogP) is 4.03. The maximum absolute atomic E-state index is 11.9. The molecule has 2 nitrogen and oxygen atoms in total. The minimum Gasteiger partial charge on any atom is -0.292 e. The van der Waals surface area contributed by atoms with Crippen LogP contribution in [0.4, 0.5) is 13.2 Å².